The molecule has 2 aromatic rings. The molecule has 0 aliphatic rings. The first-order valence-corrected chi connectivity index (χ1v) is 8.23. The van der Waals surface area contributed by atoms with E-state index < -0.39 is 16.1 Å². The van der Waals surface area contributed by atoms with E-state index in [1.54, 1.807) is 27.8 Å². The van der Waals surface area contributed by atoms with Crippen molar-refractivity contribution in [1.82, 2.24) is 29.5 Å². The van der Waals surface area contributed by atoms with Gasteiger partial charge >= 0.3 is 12.0 Å². The number of rotatable bonds is 4. The second kappa shape index (κ2) is 6.39. The number of sulfonamides is 1. The minimum absolute atomic E-state index is 0.000365. The molecule has 0 spiro atoms. The Kier molecular flexibility index (Phi) is 4.68. The molecule has 2 N–H and O–H groups in total. The standard InChI is InChI=1S/C12H17N7O4S/c1-6-9(7(2)19(4)17-6)24(21,22)18-11(20)15-10-13-8(3)14-12(16-10)23-5/h1-5H3,(H2,13,14,15,16,18,20). The van der Waals surface area contributed by atoms with Gasteiger partial charge in [-0.3, -0.25) is 10.00 Å². The Morgan fingerprint density at radius 2 is 1.83 bits per heavy atom. The lowest BCUT2D eigenvalue weighted by atomic mass is 10.4. The van der Waals surface area contributed by atoms with Crippen LogP contribution in [0.5, 0.6) is 6.01 Å². The number of carbonyl (C=O) groups is 1. The number of urea groups is 1. The van der Waals surface area contributed by atoms with Crippen LogP contribution < -0.4 is 14.8 Å². The topological polar surface area (TPSA) is 141 Å². The molecule has 130 valence electrons. The zero-order valence-corrected chi connectivity index (χ0v) is 14.6. The number of ether oxygens (including phenoxy) is 1. The van der Waals surface area contributed by atoms with Crippen molar-refractivity contribution in [3.63, 3.8) is 0 Å². The van der Waals surface area contributed by atoms with Crippen molar-refractivity contribution in [1.29, 1.82) is 0 Å². The highest BCUT2D eigenvalue weighted by Crippen LogP contribution is 2.18. The summed E-state index contributed by atoms with van der Waals surface area (Å²) in [6.45, 7) is 4.71. The summed E-state index contributed by atoms with van der Waals surface area (Å²) >= 11 is 0. The molecule has 2 heterocycles. The number of hydrogen-bond acceptors (Lipinski definition) is 8. The maximum atomic E-state index is 12.4. The van der Waals surface area contributed by atoms with Crippen LogP contribution in [0.4, 0.5) is 10.7 Å². The highest BCUT2D eigenvalue weighted by Gasteiger charge is 2.26. The first-order chi connectivity index (χ1) is 11.1. The summed E-state index contributed by atoms with van der Waals surface area (Å²) in [5, 5.41) is 6.25. The molecule has 0 saturated heterocycles. The SMILES string of the molecule is COc1nc(C)nc(NC(=O)NS(=O)(=O)c2c(C)nn(C)c2C)n1. The van der Waals surface area contributed by atoms with Crippen molar-refractivity contribution in [3.05, 3.63) is 17.2 Å². The van der Waals surface area contributed by atoms with Crippen molar-refractivity contribution in [3.8, 4) is 6.01 Å². The molecular weight excluding hydrogens is 338 g/mol. The van der Waals surface area contributed by atoms with Gasteiger partial charge in [-0.1, -0.05) is 0 Å². The van der Waals surface area contributed by atoms with Gasteiger partial charge in [0.15, 0.2) is 0 Å². The Balaban J connectivity index is 2.21. The van der Waals surface area contributed by atoms with Crippen LogP contribution in [0, 0.1) is 20.8 Å². The summed E-state index contributed by atoms with van der Waals surface area (Å²) in [5.74, 6) is 0.172. The zero-order chi connectivity index (χ0) is 18.1. The molecule has 0 atom stereocenters. The van der Waals surface area contributed by atoms with Gasteiger partial charge in [0.05, 0.1) is 18.5 Å². The first-order valence-electron chi connectivity index (χ1n) is 6.74. The highest BCUT2D eigenvalue weighted by molar-refractivity contribution is 7.90. The second-order valence-electron chi connectivity index (χ2n) is 4.88. The molecule has 0 bridgehead atoms. The molecule has 0 unspecified atom stereocenters. The van der Waals surface area contributed by atoms with Crippen molar-refractivity contribution < 1.29 is 17.9 Å². The van der Waals surface area contributed by atoms with E-state index in [1.807, 2.05) is 4.72 Å². The van der Waals surface area contributed by atoms with E-state index in [0.29, 0.717) is 11.5 Å². The second-order valence-corrected chi connectivity index (χ2v) is 6.50. The molecule has 0 radical (unpaired) electrons. The summed E-state index contributed by atoms with van der Waals surface area (Å²) < 4.78 is 32.9. The minimum Gasteiger partial charge on any atom is -0.467 e. The molecule has 11 nitrogen and oxygen atoms in total. The number of nitrogens with one attached hydrogen (secondary N) is 2. The molecule has 0 aromatic carbocycles. The fourth-order valence-corrected chi connectivity index (χ4v) is 3.40. The average Bonchev–Trinajstić information content (AvgIpc) is 2.70. The predicted octanol–water partition coefficient (Wildman–Crippen LogP) is 0.0494. The maximum Gasteiger partial charge on any atom is 0.335 e. The number of amides is 2. The highest BCUT2D eigenvalue weighted by atomic mass is 32.2. The molecule has 2 rings (SSSR count). The third-order valence-electron chi connectivity index (χ3n) is 3.07. The third-order valence-corrected chi connectivity index (χ3v) is 4.66. The number of nitrogens with zero attached hydrogens (tertiary/aromatic N) is 5. The van der Waals surface area contributed by atoms with Gasteiger partial charge in [-0.15, -0.1) is 0 Å². The van der Waals surface area contributed by atoms with Crippen LogP contribution in [0.3, 0.4) is 0 Å². The van der Waals surface area contributed by atoms with Crippen molar-refractivity contribution in [2.45, 2.75) is 25.7 Å². The Labute approximate surface area is 138 Å². The molecule has 0 saturated carbocycles. The maximum absolute atomic E-state index is 12.4. The Morgan fingerprint density at radius 1 is 1.17 bits per heavy atom. The summed E-state index contributed by atoms with van der Waals surface area (Å²) in [7, 11) is -1.12. The van der Waals surface area contributed by atoms with Gasteiger partial charge in [-0.2, -0.15) is 20.1 Å². The number of aryl methyl sites for hydroxylation is 3. The molecule has 2 aromatic heterocycles. The number of carbonyl (C=O) groups excluding carboxylic acids is 1. The summed E-state index contributed by atoms with van der Waals surface area (Å²) in [6.07, 6.45) is 0. The summed E-state index contributed by atoms with van der Waals surface area (Å²) in [4.78, 5) is 23.5. The lowest BCUT2D eigenvalue weighted by molar-refractivity contribution is 0.256. The largest absolute Gasteiger partial charge is 0.467 e. The van der Waals surface area contributed by atoms with Crippen LogP contribution in [0.15, 0.2) is 4.90 Å². The number of methoxy groups -OCH3 is 1. The molecule has 24 heavy (non-hydrogen) atoms. The molecule has 12 heteroatoms. The minimum atomic E-state index is -4.09. The van der Waals surface area contributed by atoms with Crippen molar-refractivity contribution >= 4 is 22.0 Å². The number of hydrogen-bond donors (Lipinski definition) is 2. The Bertz CT molecular complexity index is 891. The summed E-state index contributed by atoms with van der Waals surface area (Å²) in [5.41, 5.74) is 0.693. The Hall–Kier alpha value is -2.76. The van der Waals surface area contributed by atoms with Crippen molar-refractivity contribution in [2.24, 2.45) is 7.05 Å². The van der Waals surface area contributed by atoms with Gasteiger partial charge in [0.25, 0.3) is 10.0 Å². The van der Waals surface area contributed by atoms with Crippen LogP contribution >= 0.6 is 0 Å². The van der Waals surface area contributed by atoms with E-state index in [-0.39, 0.29) is 22.5 Å². The van der Waals surface area contributed by atoms with Gasteiger partial charge in [0.1, 0.15) is 10.7 Å². The van der Waals surface area contributed by atoms with Crippen LogP contribution in [0.25, 0.3) is 0 Å². The van der Waals surface area contributed by atoms with E-state index in [0.717, 1.165) is 0 Å². The van der Waals surface area contributed by atoms with Gasteiger partial charge in [0.2, 0.25) is 5.95 Å². The molecule has 0 aliphatic carbocycles. The Morgan fingerprint density at radius 3 is 2.38 bits per heavy atom. The monoisotopic (exact) mass is 355 g/mol. The van der Waals surface area contributed by atoms with Gasteiger partial charge in [-0.05, 0) is 20.8 Å². The predicted molar refractivity (Wildman–Crippen MR) is 83.1 cm³/mol. The molecule has 0 fully saturated rings. The fraction of sp³-hybridized carbons (Fsp3) is 0.417. The number of anilines is 1. The molecular formula is C12H17N7O4S. The van der Waals surface area contributed by atoms with Crippen LogP contribution in [0.2, 0.25) is 0 Å². The van der Waals surface area contributed by atoms with E-state index >= 15 is 0 Å². The van der Waals surface area contributed by atoms with Gasteiger partial charge in [-0.25, -0.2) is 17.9 Å². The van der Waals surface area contributed by atoms with E-state index in [1.165, 1.54) is 11.8 Å². The lowest BCUT2D eigenvalue weighted by Gasteiger charge is -2.09. The van der Waals surface area contributed by atoms with Crippen molar-refractivity contribution in [2.75, 3.05) is 12.4 Å². The fourth-order valence-electron chi connectivity index (χ4n) is 2.05. The third kappa shape index (κ3) is 3.59. The zero-order valence-electron chi connectivity index (χ0n) is 13.8. The molecule has 2 amide bonds. The number of aromatic nitrogens is 5. The van der Waals surface area contributed by atoms with Gasteiger partial charge in [0, 0.05) is 7.05 Å². The smallest absolute Gasteiger partial charge is 0.335 e. The van der Waals surface area contributed by atoms with Crippen LogP contribution in [0.1, 0.15) is 17.2 Å². The van der Waals surface area contributed by atoms with Crippen LogP contribution in [-0.4, -0.2) is 46.3 Å². The van der Waals surface area contributed by atoms with Crippen LogP contribution in [-0.2, 0) is 17.1 Å². The van der Waals surface area contributed by atoms with E-state index in [2.05, 4.69) is 25.4 Å². The summed E-state index contributed by atoms with van der Waals surface area (Å²) in [6, 6.07) is -1.01. The average molecular weight is 355 g/mol. The molecule has 0 aliphatic heterocycles. The van der Waals surface area contributed by atoms with E-state index in [9.17, 15) is 13.2 Å². The first kappa shape index (κ1) is 17.6. The lowest BCUT2D eigenvalue weighted by Crippen LogP contribution is -2.35. The normalized spacial score (nSPS) is 11.2. The quantitative estimate of drug-likeness (QED) is 0.783. The van der Waals surface area contributed by atoms with Gasteiger partial charge < -0.3 is 4.74 Å². The van der Waals surface area contributed by atoms with E-state index in [4.69, 9.17) is 4.74 Å².